The summed E-state index contributed by atoms with van der Waals surface area (Å²) in [7, 11) is -1.26. The first kappa shape index (κ1) is 17.3. The molecule has 0 aromatic heterocycles. The number of likely N-dealkylation sites (N-methyl/N-ethyl adjacent to an activating group) is 1. The van der Waals surface area contributed by atoms with E-state index in [0.29, 0.717) is 10.7 Å². The minimum absolute atomic E-state index is 0.186. The van der Waals surface area contributed by atoms with Crippen molar-refractivity contribution in [1.82, 2.24) is 4.90 Å². The van der Waals surface area contributed by atoms with Crippen LogP contribution in [0.5, 0.6) is 0 Å². The summed E-state index contributed by atoms with van der Waals surface area (Å²) in [4.78, 5) is 2.30. The number of benzene rings is 2. The smallest absolute Gasteiger partial charge is 0.229 e. The van der Waals surface area contributed by atoms with Gasteiger partial charge < -0.3 is 4.90 Å². The quantitative estimate of drug-likeness (QED) is 0.908. The Hall–Kier alpha value is -1.56. The van der Waals surface area contributed by atoms with Gasteiger partial charge in [-0.25, -0.2) is 8.42 Å². The summed E-state index contributed by atoms with van der Waals surface area (Å²) in [6.07, 6.45) is 2.03. The van der Waals surface area contributed by atoms with Gasteiger partial charge in [0, 0.05) is 19.0 Å². The molecule has 1 heterocycles. The minimum atomic E-state index is -3.37. The zero-order chi connectivity index (χ0) is 17.3. The number of nitrogens with zero attached hydrogens (tertiary/aromatic N) is 1. The maximum Gasteiger partial charge on any atom is 0.229 e. The van der Waals surface area contributed by atoms with Crippen LogP contribution in [-0.4, -0.2) is 39.7 Å². The van der Waals surface area contributed by atoms with Gasteiger partial charge in [0.25, 0.3) is 0 Å². The van der Waals surface area contributed by atoms with Crippen molar-refractivity contribution < 1.29 is 8.42 Å². The highest BCUT2D eigenvalue weighted by Crippen LogP contribution is 2.36. The third kappa shape index (κ3) is 3.91. The van der Waals surface area contributed by atoms with E-state index in [9.17, 15) is 8.42 Å². The zero-order valence-electron chi connectivity index (χ0n) is 13.8. The van der Waals surface area contributed by atoms with Crippen LogP contribution < -0.4 is 4.72 Å². The van der Waals surface area contributed by atoms with Gasteiger partial charge in [0.15, 0.2) is 0 Å². The maximum absolute atomic E-state index is 11.6. The van der Waals surface area contributed by atoms with E-state index in [1.807, 2.05) is 30.3 Å². The predicted octanol–water partition coefficient (Wildman–Crippen LogP) is 3.33. The zero-order valence-corrected chi connectivity index (χ0v) is 15.4. The van der Waals surface area contributed by atoms with Gasteiger partial charge in [-0.3, -0.25) is 4.72 Å². The molecule has 1 aliphatic rings. The van der Waals surface area contributed by atoms with E-state index >= 15 is 0 Å². The number of sulfonamides is 1. The fourth-order valence-corrected chi connectivity index (χ4v) is 4.09. The van der Waals surface area contributed by atoms with Gasteiger partial charge in [-0.1, -0.05) is 41.9 Å². The van der Waals surface area contributed by atoms with Crippen LogP contribution >= 0.6 is 11.6 Å². The molecular formula is C18H21ClN2O2S. The molecule has 2 aromatic carbocycles. The first-order valence-corrected chi connectivity index (χ1v) is 10.1. The van der Waals surface area contributed by atoms with Crippen LogP contribution in [0.1, 0.15) is 22.6 Å². The monoisotopic (exact) mass is 364 g/mol. The largest absolute Gasteiger partial charge is 0.305 e. The lowest BCUT2D eigenvalue weighted by Crippen LogP contribution is -2.24. The summed E-state index contributed by atoms with van der Waals surface area (Å²) in [5, 5.41) is 0.440. The SMILES string of the molecule is CN1CCc2cc(Cl)c(NS(C)(=O)=O)cc2[C@@H](c2ccccc2)C1. The van der Waals surface area contributed by atoms with Crippen molar-refractivity contribution in [1.29, 1.82) is 0 Å². The van der Waals surface area contributed by atoms with E-state index in [1.165, 1.54) is 11.1 Å². The van der Waals surface area contributed by atoms with Crippen LogP contribution in [0.3, 0.4) is 0 Å². The highest BCUT2D eigenvalue weighted by atomic mass is 35.5. The lowest BCUT2D eigenvalue weighted by molar-refractivity contribution is 0.338. The Labute approximate surface area is 148 Å². The minimum Gasteiger partial charge on any atom is -0.305 e. The van der Waals surface area contributed by atoms with Gasteiger partial charge in [0.1, 0.15) is 0 Å². The summed E-state index contributed by atoms with van der Waals surface area (Å²) in [5.74, 6) is 0.186. The van der Waals surface area contributed by atoms with E-state index in [0.717, 1.165) is 31.3 Å². The fourth-order valence-electron chi connectivity index (χ4n) is 3.23. The highest BCUT2D eigenvalue weighted by molar-refractivity contribution is 7.92. The van der Waals surface area contributed by atoms with Gasteiger partial charge in [-0.2, -0.15) is 0 Å². The van der Waals surface area contributed by atoms with Gasteiger partial charge in [-0.15, -0.1) is 0 Å². The second kappa shape index (κ2) is 6.75. The molecule has 4 nitrogen and oxygen atoms in total. The second-order valence-electron chi connectivity index (χ2n) is 6.38. The predicted molar refractivity (Wildman–Crippen MR) is 99.4 cm³/mol. The van der Waals surface area contributed by atoms with E-state index in [4.69, 9.17) is 11.6 Å². The normalized spacial score (nSPS) is 18.7. The Morgan fingerprint density at radius 1 is 1.21 bits per heavy atom. The molecule has 128 valence electrons. The first-order valence-electron chi connectivity index (χ1n) is 7.87. The Morgan fingerprint density at radius 2 is 1.92 bits per heavy atom. The molecule has 1 N–H and O–H groups in total. The highest BCUT2D eigenvalue weighted by Gasteiger charge is 2.24. The molecule has 3 rings (SSSR count). The summed E-state index contributed by atoms with van der Waals surface area (Å²) in [6, 6.07) is 14.1. The van der Waals surface area contributed by atoms with Crippen molar-refractivity contribution in [2.24, 2.45) is 0 Å². The molecule has 1 aliphatic heterocycles. The fraction of sp³-hybridized carbons (Fsp3) is 0.333. The van der Waals surface area contributed by atoms with Crippen LogP contribution in [0, 0.1) is 0 Å². The van der Waals surface area contributed by atoms with Crippen molar-refractivity contribution in [3.63, 3.8) is 0 Å². The number of hydrogen-bond donors (Lipinski definition) is 1. The van der Waals surface area contributed by atoms with Crippen molar-refractivity contribution in [3.8, 4) is 0 Å². The van der Waals surface area contributed by atoms with Crippen molar-refractivity contribution in [3.05, 3.63) is 64.2 Å². The summed E-state index contributed by atoms with van der Waals surface area (Å²) in [6.45, 7) is 1.84. The van der Waals surface area contributed by atoms with Crippen molar-refractivity contribution >= 4 is 27.3 Å². The van der Waals surface area contributed by atoms with Crippen LogP contribution in [-0.2, 0) is 16.4 Å². The molecule has 0 fully saturated rings. The topological polar surface area (TPSA) is 49.4 Å². The number of anilines is 1. The number of hydrogen-bond acceptors (Lipinski definition) is 3. The first-order chi connectivity index (χ1) is 11.3. The molecule has 0 saturated carbocycles. The molecular weight excluding hydrogens is 344 g/mol. The number of fused-ring (bicyclic) bond motifs is 1. The number of halogens is 1. The maximum atomic E-state index is 11.6. The molecule has 0 saturated heterocycles. The van der Waals surface area contributed by atoms with Crippen LogP contribution in [0.4, 0.5) is 5.69 Å². The molecule has 0 bridgehead atoms. The van der Waals surface area contributed by atoms with Crippen molar-refractivity contribution in [2.75, 3.05) is 31.1 Å². The third-order valence-corrected chi connectivity index (χ3v) is 5.26. The Bertz CT molecular complexity index is 838. The molecule has 0 radical (unpaired) electrons. The van der Waals surface area contributed by atoms with Crippen LogP contribution in [0.25, 0.3) is 0 Å². The average molecular weight is 365 g/mol. The van der Waals surface area contributed by atoms with E-state index < -0.39 is 10.0 Å². The second-order valence-corrected chi connectivity index (χ2v) is 8.54. The molecule has 0 aliphatic carbocycles. The van der Waals surface area contributed by atoms with E-state index in [-0.39, 0.29) is 5.92 Å². The van der Waals surface area contributed by atoms with Gasteiger partial charge in [0.2, 0.25) is 10.0 Å². The standard InChI is InChI=1S/C18H21ClN2O2S/c1-21-9-8-14-10-17(19)18(20-24(2,22)23)11-15(14)16(12-21)13-6-4-3-5-7-13/h3-7,10-11,16,20H,8-9,12H2,1-2H3/t16-/m1/s1. The van der Waals surface area contributed by atoms with E-state index in [2.05, 4.69) is 28.8 Å². The number of rotatable bonds is 3. The lowest BCUT2D eigenvalue weighted by atomic mass is 9.88. The molecule has 0 unspecified atom stereocenters. The molecule has 6 heteroatoms. The summed E-state index contributed by atoms with van der Waals surface area (Å²) in [5.41, 5.74) is 3.99. The van der Waals surface area contributed by atoms with E-state index in [1.54, 1.807) is 0 Å². The van der Waals surface area contributed by atoms with Gasteiger partial charge >= 0.3 is 0 Å². The Balaban J connectivity index is 2.12. The van der Waals surface area contributed by atoms with Crippen LogP contribution in [0.2, 0.25) is 5.02 Å². The molecule has 1 atom stereocenters. The Morgan fingerprint density at radius 3 is 2.58 bits per heavy atom. The third-order valence-electron chi connectivity index (χ3n) is 4.36. The number of nitrogens with one attached hydrogen (secondary N) is 1. The Kier molecular flexibility index (Phi) is 4.85. The van der Waals surface area contributed by atoms with Crippen LogP contribution in [0.15, 0.2) is 42.5 Å². The molecule has 24 heavy (non-hydrogen) atoms. The molecule has 0 amide bonds. The molecule has 2 aromatic rings. The summed E-state index contributed by atoms with van der Waals surface area (Å²) >= 11 is 6.31. The average Bonchev–Trinajstić information content (AvgIpc) is 2.67. The van der Waals surface area contributed by atoms with Crippen molar-refractivity contribution in [2.45, 2.75) is 12.3 Å². The van der Waals surface area contributed by atoms with Gasteiger partial charge in [-0.05, 0) is 42.3 Å². The summed E-state index contributed by atoms with van der Waals surface area (Å²) < 4.78 is 25.8. The lowest BCUT2D eigenvalue weighted by Gasteiger charge is -2.23. The van der Waals surface area contributed by atoms with Gasteiger partial charge in [0.05, 0.1) is 17.0 Å². The molecule has 0 spiro atoms.